The Hall–Kier alpha value is -0.160. The molecule has 114 heavy (non-hydrogen) atoms. The summed E-state index contributed by atoms with van der Waals surface area (Å²) in [5, 5.41) is 0. The van der Waals surface area contributed by atoms with Crippen LogP contribution in [0.4, 0.5) is 0 Å². The van der Waals surface area contributed by atoms with Gasteiger partial charge in [0.2, 0.25) is 0 Å². The van der Waals surface area contributed by atoms with Crippen molar-refractivity contribution in [1.29, 1.82) is 0 Å². The molecule has 0 heterocycles. The lowest BCUT2D eigenvalue weighted by Crippen LogP contribution is -2.57. The Morgan fingerprint density at radius 2 is 0.289 bits per heavy atom. The third-order valence-electron chi connectivity index (χ3n) is 38.2. The van der Waals surface area contributed by atoms with Crippen molar-refractivity contribution >= 4 is 0 Å². The van der Waals surface area contributed by atoms with E-state index in [4.69, 9.17) is 0 Å². The summed E-state index contributed by atoms with van der Waals surface area (Å²) in [7, 11) is 0. The van der Waals surface area contributed by atoms with E-state index in [0.717, 1.165) is 120 Å². The molecule has 14 aliphatic carbocycles. The molecule has 4 heteroatoms. The first-order valence-corrected chi connectivity index (χ1v) is 55.8. The Labute approximate surface area is 711 Å². The zero-order valence-electron chi connectivity index (χ0n) is 76.8. The highest BCUT2D eigenvalue weighted by Gasteiger charge is 2.68. The zero-order valence-corrected chi connectivity index (χ0v) is 76.8. The van der Waals surface area contributed by atoms with Crippen LogP contribution in [0.5, 0.6) is 0 Å². The van der Waals surface area contributed by atoms with Crippen molar-refractivity contribution < 1.29 is 0 Å². The highest BCUT2D eigenvalue weighted by Crippen LogP contribution is 2.74. The molecule has 1 spiro atoms. The second kappa shape index (κ2) is 50.7. The van der Waals surface area contributed by atoms with Crippen molar-refractivity contribution in [1.82, 2.24) is 19.6 Å². The summed E-state index contributed by atoms with van der Waals surface area (Å²) in [4.78, 5) is 14.2. The third kappa shape index (κ3) is 25.6. The van der Waals surface area contributed by atoms with Gasteiger partial charge in [-0.15, -0.1) is 0 Å². The van der Waals surface area contributed by atoms with Crippen LogP contribution >= 0.6 is 0 Å². The molecule has 4 nitrogen and oxygen atoms in total. The highest BCUT2D eigenvalue weighted by molar-refractivity contribution is 5.16. The molecule has 14 saturated carbocycles. The van der Waals surface area contributed by atoms with Gasteiger partial charge in [0.05, 0.1) is 0 Å². The molecule has 0 saturated heterocycles. The first-order chi connectivity index (χ1) is 56.7. The molecule has 14 aliphatic rings. The molecular formula is C110H198N4. The summed E-state index contributed by atoms with van der Waals surface area (Å²) in [6.45, 7) is 0. The lowest BCUT2D eigenvalue weighted by atomic mass is 9.43. The van der Waals surface area contributed by atoms with Gasteiger partial charge in [-0.2, -0.15) is 0 Å². The van der Waals surface area contributed by atoms with Gasteiger partial charge in [-0.1, -0.05) is 366 Å². The van der Waals surface area contributed by atoms with Crippen LogP contribution in [0.25, 0.3) is 0 Å². The van der Waals surface area contributed by atoms with E-state index < -0.39 is 0 Å². The molecule has 0 aromatic carbocycles. The van der Waals surface area contributed by atoms with Crippen molar-refractivity contribution in [2.24, 2.45) is 52.8 Å². The number of hydrogen-bond acceptors (Lipinski definition) is 4. The van der Waals surface area contributed by atoms with Crippen LogP contribution in [0.15, 0.2) is 0 Å². The fourth-order valence-electron chi connectivity index (χ4n) is 33.2. The van der Waals surface area contributed by atoms with Crippen molar-refractivity contribution in [2.45, 2.75) is 644 Å². The van der Waals surface area contributed by atoms with Crippen LogP contribution in [0.1, 0.15) is 571 Å². The minimum atomic E-state index is 0.547. The topological polar surface area (TPSA) is 13.0 Å². The van der Waals surface area contributed by atoms with E-state index >= 15 is 0 Å². The van der Waals surface area contributed by atoms with Crippen molar-refractivity contribution in [3.8, 4) is 0 Å². The first kappa shape index (κ1) is 90.1. The third-order valence-corrected chi connectivity index (χ3v) is 38.2. The molecular weight excluding hydrogens is 1380 g/mol. The van der Waals surface area contributed by atoms with Crippen LogP contribution < -0.4 is 0 Å². The van der Waals surface area contributed by atoms with Crippen LogP contribution in [0.2, 0.25) is 0 Å². The second-order valence-electron chi connectivity index (χ2n) is 45.2. The molecule has 0 N–H and O–H groups in total. The van der Waals surface area contributed by atoms with Crippen LogP contribution in [0, 0.1) is 52.8 Å². The Balaban J connectivity index is 0.863. The molecule has 13 unspecified atom stereocenters. The lowest BCUT2D eigenvalue weighted by Gasteiger charge is -2.62. The molecule has 2 bridgehead atoms. The average molecular weight is 1580 g/mol. The molecule has 0 radical (unpaired) electrons. The average Bonchev–Trinajstić information content (AvgIpc) is 1.51. The first-order valence-electron chi connectivity index (χ1n) is 55.8. The van der Waals surface area contributed by atoms with Gasteiger partial charge >= 0.3 is 0 Å². The summed E-state index contributed by atoms with van der Waals surface area (Å²) in [6.07, 6.45) is 137. The lowest BCUT2D eigenvalue weighted by molar-refractivity contribution is -0.137. The van der Waals surface area contributed by atoms with Gasteiger partial charge in [-0.3, -0.25) is 19.6 Å². The van der Waals surface area contributed by atoms with E-state index in [0.29, 0.717) is 5.41 Å². The molecule has 13 atom stereocenters. The van der Waals surface area contributed by atoms with Crippen molar-refractivity contribution in [2.75, 3.05) is 0 Å². The van der Waals surface area contributed by atoms with Gasteiger partial charge < -0.3 is 0 Å². The van der Waals surface area contributed by atoms with Gasteiger partial charge in [0.1, 0.15) is 0 Å². The fourth-order valence-corrected chi connectivity index (χ4v) is 33.2. The van der Waals surface area contributed by atoms with E-state index in [9.17, 15) is 0 Å². The molecule has 0 amide bonds. The predicted molar refractivity (Wildman–Crippen MR) is 494 cm³/mol. The van der Waals surface area contributed by atoms with Gasteiger partial charge in [-0.25, -0.2) is 0 Å². The quantitative estimate of drug-likeness (QED) is 0.193. The van der Waals surface area contributed by atoms with E-state index in [1.54, 1.807) is 154 Å². The SMILES string of the molecule is C1CCCCC(N(C2CCCCCCC2)C2CCCC3CC(CCC2)C2(C4CCCC(N(C5CCCCCCCCC5)C5CCCCCCC5)CCC34)C3CCCC(N(C4CCCCCCCCC4)C4CCCCCCCC4)CCCC3C3CCCC(N(C4CCCCCCCC4)C4CCCCCCCC4)CCCC32)CCCC1. The highest BCUT2D eigenvalue weighted by atomic mass is 15.2. The Morgan fingerprint density at radius 3 is 0.518 bits per heavy atom. The van der Waals surface area contributed by atoms with Crippen LogP contribution in [-0.2, 0) is 0 Å². The van der Waals surface area contributed by atoms with Gasteiger partial charge in [0.15, 0.2) is 0 Å². The molecule has 14 rings (SSSR count). The van der Waals surface area contributed by atoms with Crippen molar-refractivity contribution in [3.05, 3.63) is 0 Å². The number of fused-ring (bicyclic) bond motifs is 11. The minimum absolute atomic E-state index is 0.547. The fraction of sp³-hybridized carbons (Fsp3) is 1.00. The smallest absolute Gasteiger partial charge is 0.0101 e. The predicted octanol–water partition coefficient (Wildman–Crippen LogP) is 33.4. The molecule has 0 aliphatic heterocycles. The molecule has 0 aromatic heterocycles. The van der Waals surface area contributed by atoms with Crippen LogP contribution in [-0.4, -0.2) is 92.1 Å². The van der Waals surface area contributed by atoms with Gasteiger partial charge in [0, 0.05) is 72.5 Å². The summed E-state index contributed by atoms with van der Waals surface area (Å²) < 4.78 is 0. The maximum absolute atomic E-state index is 3.54. The Bertz CT molecular complexity index is 2340. The standard InChI is InChI=1S/C110H198N4/c1-4-18-34-59-92(60-35-19-5-1)111(93-69-46-30-16-31-47-70-93)100-75-50-57-90-89-91(58-51-76-100)110(107-84-56-81-103(87-88-104(90)107)114(99-73-48-32-17-33-49-74-99)98-71-38-22-8-3-9-23-39-72-98)108-85-54-79-101(112(95-63-40-24-10-11-25-41-64-95)94-61-36-20-6-2-7-21-37-62-94)77-52-82-105(108)106-83-53-78-102(80-55-86-109(106)110)113(96-65-42-26-12-13-27-43-66-96)97-67-44-28-14-15-29-45-68-97/h90-109H,1-89H2. The number of rotatable bonds is 12. The number of nitrogens with zero attached hydrogens (tertiary/aromatic N) is 4. The van der Waals surface area contributed by atoms with E-state index in [1.165, 1.54) is 417 Å². The Morgan fingerprint density at radius 1 is 0.123 bits per heavy atom. The van der Waals surface area contributed by atoms with E-state index in [1.807, 2.05) is 0 Å². The second-order valence-corrected chi connectivity index (χ2v) is 45.2. The van der Waals surface area contributed by atoms with E-state index in [2.05, 4.69) is 19.6 Å². The maximum Gasteiger partial charge on any atom is 0.0101 e. The summed E-state index contributed by atoms with van der Waals surface area (Å²) in [5.41, 5.74) is 0.547. The largest absolute Gasteiger partial charge is 0.294 e. The normalized spacial score (nSPS) is 36.5. The Kier molecular flexibility index (Phi) is 40.1. The van der Waals surface area contributed by atoms with Crippen LogP contribution in [0.3, 0.4) is 0 Å². The molecule has 0 aromatic rings. The number of hydrogen-bond donors (Lipinski definition) is 0. The van der Waals surface area contributed by atoms with Gasteiger partial charge in [0.25, 0.3) is 0 Å². The molecule has 14 fully saturated rings. The maximum atomic E-state index is 3.54. The minimum Gasteiger partial charge on any atom is -0.294 e. The monoisotopic (exact) mass is 1580 g/mol. The summed E-state index contributed by atoms with van der Waals surface area (Å²) in [5.74, 6) is 7.85. The van der Waals surface area contributed by atoms with Crippen molar-refractivity contribution in [3.63, 3.8) is 0 Å². The summed E-state index contributed by atoms with van der Waals surface area (Å²) in [6, 6.07) is 10.2. The van der Waals surface area contributed by atoms with Gasteiger partial charge in [-0.05, 0) is 258 Å². The van der Waals surface area contributed by atoms with E-state index in [-0.39, 0.29) is 0 Å². The zero-order chi connectivity index (χ0) is 77.3. The summed E-state index contributed by atoms with van der Waals surface area (Å²) >= 11 is 0. The molecule has 658 valence electrons.